The van der Waals surface area contributed by atoms with Crippen molar-refractivity contribution in [3.8, 4) is 0 Å². The van der Waals surface area contributed by atoms with Gasteiger partial charge in [0.15, 0.2) is 0 Å². The number of piperidine rings is 2. The molecule has 1 aromatic carbocycles. The minimum atomic E-state index is 0.679. The minimum absolute atomic E-state index is 0.679. The lowest BCUT2D eigenvalue weighted by Gasteiger charge is -2.37. The second-order valence-corrected chi connectivity index (χ2v) is 5.77. The van der Waals surface area contributed by atoms with Crippen LogP contribution in [0.4, 0.5) is 5.69 Å². The summed E-state index contributed by atoms with van der Waals surface area (Å²) in [6, 6.07) is 11.5. The maximum absolute atomic E-state index is 3.74. The molecule has 0 saturated carbocycles. The molecule has 19 heavy (non-hydrogen) atoms. The predicted octanol–water partition coefficient (Wildman–Crippen LogP) is 2.65. The van der Waals surface area contributed by atoms with Crippen LogP contribution in [0, 0.1) is 0 Å². The number of benzene rings is 1. The first-order valence-corrected chi connectivity index (χ1v) is 7.73. The molecule has 2 aliphatic heterocycles. The van der Waals surface area contributed by atoms with Crippen LogP contribution in [0.3, 0.4) is 0 Å². The van der Waals surface area contributed by atoms with Crippen molar-refractivity contribution in [2.45, 2.75) is 38.1 Å². The molecule has 2 saturated heterocycles. The van der Waals surface area contributed by atoms with E-state index in [0.29, 0.717) is 6.04 Å². The van der Waals surface area contributed by atoms with Gasteiger partial charge in [0.25, 0.3) is 0 Å². The summed E-state index contributed by atoms with van der Waals surface area (Å²) >= 11 is 0. The fourth-order valence-corrected chi connectivity index (χ4v) is 3.19. The van der Waals surface area contributed by atoms with Gasteiger partial charge in [-0.25, -0.2) is 5.01 Å². The Morgan fingerprint density at radius 2 is 1.53 bits per heavy atom. The van der Waals surface area contributed by atoms with Gasteiger partial charge in [-0.05, 0) is 37.8 Å². The molecule has 1 aromatic rings. The molecule has 0 aromatic heterocycles. The largest absolute Gasteiger partial charge is 0.371 e. The zero-order chi connectivity index (χ0) is 12.9. The van der Waals surface area contributed by atoms with Gasteiger partial charge in [-0.3, -0.25) is 5.43 Å². The van der Waals surface area contributed by atoms with Crippen LogP contribution in [0.15, 0.2) is 30.3 Å². The number of hydrogen-bond donors (Lipinski definition) is 1. The highest BCUT2D eigenvalue weighted by atomic mass is 15.5. The summed E-state index contributed by atoms with van der Waals surface area (Å²) in [6.45, 7) is 4.82. The summed E-state index contributed by atoms with van der Waals surface area (Å²) in [5, 5.41) is 2.45. The van der Waals surface area contributed by atoms with Crippen LogP contribution >= 0.6 is 0 Å². The molecular formula is C16H25N3. The lowest BCUT2D eigenvalue weighted by atomic mass is 10.0. The smallest absolute Gasteiger partial charge is 0.0366 e. The maximum atomic E-state index is 3.74. The topological polar surface area (TPSA) is 18.5 Å². The first-order valence-electron chi connectivity index (χ1n) is 7.73. The van der Waals surface area contributed by atoms with Crippen molar-refractivity contribution in [1.82, 2.24) is 10.4 Å². The van der Waals surface area contributed by atoms with Crippen molar-refractivity contribution < 1.29 is 0 Å². The van der Waals surface area contributed by atoms with E-state index in [9.17, 15) is 0 Å². The zero-order valence-electron chi connectivity index (χ0n) is 11.7. The van der Waals surface area contributed by atoms with Crippen LogP contribution in [-0.4, -0.2) is 37.2 Å². The van der Waals surface area contributed by atoms with Gasteiger partial charge in [0, 0.05) is 37.9 Å². The van der Waals surface area contributed by atoms with E-state index in [1.54, 1.807) is 0 Å². The number of rotatable bonds is 3. The Morgan fingerprint density at radius 3 is 2.21 bits per heavy atom. The number of nitrogens with zero attached hydrogens (tertiary/aromatic N) is 2. The standard InChI is InChI=1S/C16H25N3/c1-3-7-16(8-4-1)18-13-9-15(10-14-18)17-19-11-5-2-6-12-19/h1,3-4,7-8,15,17H,2,5-6,9-14H2. The van der Waals surface area contributed by atoms with Crippen LogP contribution < -0.4 is 10.3 Å². The molecule has 0 bridgehead atoms. The number of nitrogens with one attached hydrogen (secondary N) is 1. The third-order valence-electron chi connectivity index (χ3n) is 4.34. The normalized spacial score (nSPS) is 22.6. The van der Waals surface area contributed by atoms with Gasteiger partial charge in [0.05, 0.1) is 0 Å². The number of anilines is 1. The average Bonchev–Trinajstić information content (AvgIpc) is 2.50. The van der Waals surface area contributed by atoms with E-state index in [1.165, 1.54) is 64.0 Å². The van der Waals surface area contributed by atoms with Crippen LogP contribution in [0.25, 0.3) is 0 Å². The highest BCUT2D eigenvalue weighted by Gasteiger charge is 2.21. The van der Waals surface area contributed by atoms with Crippen LogP contribution in [-0.2, 0) is 0 Å². The third-order valence-corrected chi connectivity index (χ3v) is 4.34. The summed E-state index contributed by atoms with van der Waals surface area (Å²) < 4.78 is 0. The van der Waals surface area contributed by atoms with Gasteiger partial charge >= 0.3 is 0 Å². The number of hydrazine groups is 1. The van der Waals surface area contributed by atoms with Gasteiger partial charge in [-0.2, -0.15) is 0 Å². The van der Waals surface area contributed by atoms with Crippen molar-refractivity contribution in [2.75, 3.05) is 31.1 Å². The molecule has 1 N–H and O–H groups in total. The Hall–Kier alpha value is -1.06. The molecule has 0 aliphatic carbocycles. The molecule has 0 atom stereocenters. The number of para-hydroxylation sites is 1. The van der Waals surface area contributed by atoms with Crippen molar-refractivity contribution >= 4 is 5.69 Å². The number of hydrogen-bond acceptors (Lipinski definition) is 3. The van der Waals surface area contributed by atoms with Gasteiger partial charge in [0.1, 0.15) is 0 Å². The van der Waals surface area contributed by atoms with Crippen molar-refractivity contribution in [3.05, 3.63) is 30.3 Å². The van der Waals surface area contributed by atoms with E-state index in [4.69, 9.17) is 0 Å². The second-order valence-electron chi connectivity index (χ2n) is 5.77. The lowest BCUT2D eigenvalue weighted by Crippen LogP contribution is -2.51. The zero-order valence-corrected chi connectivity index (χ0v) is 11.7. The first-order chi connectivity index (χ1) is 9.42. The van der Waals surface area contributed by atoms with E-state index in [-0.39, 0.29) is 0 Å². The van der Waals surface area contributed by atoms with Crippen molar-refractivity contribution in [1.29, 1.82) is 0 Å². The molecule has 0 radical (unpaired) electrons. The lowest BCUT2D eigenvalue weighted by molar-refractivity contribution is 0.119. The Kier molecular flexibility index (Phi) is 4.36. The summed E-state index contributed by atoms with van der Waals surface area (Å²) in [5.74, 6) is 0. The molecule has 2 aliphatic rings. The molecule has 104 valence electrons. The Morgan fingerprint density at radius 1 is 0.842 bits per heavy atom. The fourth-order valence-electron chi connectivity index (χ4n) is 3.19. The molecule has 0 amide bonds. The molecule has 0 spiro atoms. The highest BCUT2D eigenvalue weighted by molar-refractivity contribution is 5.46. The highest BCUT2D eigenvalue weighted by Crippen LogP contribution is 2.20. The van der Waals surface area contributed by atoms with E-state index < -0.39 is 0 Å². The maximum Gasteiger partial charge on any atom is 0.0366 e. The van der Waals surface area contributed by atoms with Crippen LogP contribution in [0.2, 0.25) is 0 Å². The Balaban J connectivity index is 1.46. The molecule has 3 heteroatoms. The molecular weight excluding hydrogens is 234 g/mol. The summed E-state index contributed by atoms with van der Waals surface area (Å²) in [7, 11) is 0. The second kappa shape index (κ2) is 6.40. The fraction of sp³-hybridized carbons (Fsp3) is 0.625. The first kappa shape index (κ1) is 12.9. The van der Waals surface area contributed by atoms with Crippen LogP contribution in [0.5, 0.6) is 0 Å². The van der Waals surface area contributed by atoms with E-state index in [0.717, 1.165) is 0 Å². The summed E-state index contributed by atoms with van der Waals surface area (Å²) in [6.07, 6.45) is 6.63. The Labute approximate surface area is 116 Å². The molecule has 0 unspecified atom stereocenters. The molecule has 3 nitrogen and oxygen atoms in total. The van der Waals surface area contributed by atoms with Gasteiger partial charge in [0.2, 0.25) is 0 Å². The summed E-state index contributed by atoms with van der Waals surface area (Å²) in [4.78, 5) is 2.51. The quantitative estimate of drug-likeness (QED) is 0.900. The SMILES string of the molecule is c1ccc(N2CCC(NN3CCCCC3)CC2)cc1. The van der Waals surface area contributed by atoms with Gasteiger partial charge in [-0.1, -0.05) is 24.6 Å². The average molecular weight is 259 g/mol. The van der Waals surface area contributed by atoms with E-state index in [1.807, 2.05) is 0 Å². The Bertz CT molecular complexity index is 365. The van der Waals surface area contributed by atoms with E-state index in [2.05, 4.69) is 45.7 Å². The van der Waals surface area contributed by atoms with Gasteiger partial charge < -0.3 is 4.90 Å². The van der Waals surface area contributed by atoms with Crippen molar-refractivity contribution in [2.24, 2.45) is 0 Å². The minimum Gasteiger partial charge on any atom is -0.371 e. The molecule has 2 fully saturated rings. The predicted molar refractivity (Wildman–Crippen MR) is 80.2 cm³/mol. The molecule has 3 rings (SSSR count). The third kappa shape index (κ3) is 3.48. The van der Waals surface area contributed by atoms with Crippen LogP contribution in [0.1, 0.15) is 32.1 Å². The van der Waals surface area contributed by atoms with Crippen molar-refractivity contribution in [3.63, 3.8) is 0 Å². The molecule has 2 heterocycles. The van der Waals surface area contributed by atoms with E-state index >= 15 is 0 Å². The van der Waals surface area contributed by atoms with Gasteiger partial charge in [-0.15, -0.1) is 0 Å². The summed E-state index contributed by atoms with van der Waals surface area (Å²) in [5.41, 5.74) is 5.11. The monoisotopic (exact) mass is 259 g/mol.